The van der Waals surface area contributed by atoms with E-state index in [0.717, 1.165) is 0 Å². The lowest BCUT2D eigenvalue weighted by molar-refractivity contribution is -0.139. The number of anilines is 3. The molecule has 3 heterocycles. The number of hydrogen-bond acceptors (Lipinski definition) is 12. The molecule has 2 amide bonds. The number of rotatable bonds is 13. The summed E-state index contributed by atoms with van der Waals surface area (Å²) >= 11 is 0. The summed E-state index contributed by atoms with van der Waals surface area (Å²) in [7, 11) is 0. The van der Waals surface area contributed by atoms with Crippen molar-refractivity contribution in [2.45, 2.75) is 31.8 Å². The van der Waals surface area contributed by atoms with Crippen molar-refractivity contribution in [3.63, 3.8) is 0 Å². The summed E-state index contributed by atoms with van der Waals surface area (Å²) in [5.41, 5.74) is 9.41. The lowest BCUT2D eigenvalue weighted by Gasteiger charge is -2.15. The number of aromatic amines is 1. The van der Waals surface area contributed by atoms with Crippen molar-refractivity contribution in [2.75, 3.05) is 23.0 Å². The number of aliphatic carboxylic acids is 1. The molecule has 42 heavy (non-hydrogen) atoms. The van der Waals surface area contributed by atoms with Crippen LogP contribution < -0.4 is 38.5 Å². The van der Waals surface area contributed by atoms with Gasteiger partial charge < -0.3 is 32.2 Å². The zero-order valence-corrected chi connectivity index (χ0v) is 22.3. The first kappa shape index (κ1) is 29.3. The molecule has 4 rings (SSSR count). The molecule has 1 aromatic carbocycles. The predicted octanol–water partition coefficient (Wildman–Crippen LogP) is 0.371. The third-order valence-corrected chi connectivity index (χ3v) is 6.09. The quantitative estimate of drug-likeness (QED) is 0.0610. The van der Waals surface area contributed by atoms with E-state index in [2.05, 4.69) is 46.3 Å². The number of carbonyl (C=O) groups excluding carboxylic acids is 2. The molecule has 1 atom stereocenters. The lowest BCUT2D eigenvalue weighted by Crippen LogP contribution is -2.40. The van der Waals surface area contributed by atoms with Gasteiger partial charge in [-0.05, 0) is 55.7 Å². The molecule has 16 heteroatoms. The number of nitrogens with one attached hydrogen (secondary N) is 5. The van der Waals surface area contributed by atoms with E-state index in [1.807, 2.05) is 0 Å². The Morgan fingerprint density at radius 3 is 2.40 bits per heavy atom. The number of benzene rings is 1. The first-order valence-electron chi connectivity index (χ1n) is 12.8. The van der Waals surface area contributed by atoms with Crippen LogP contribution in [0.2, 0.25) is 0 Å². The van der Waals surface area contributed by atoms with Crippen molar-refractivity contribution in [1.29, 1.82) is 0 Å². The van der Waals surface area contributed by atoms with Gasteiger partial charge in [0, 0.05) is 24.0 Å². The highest BCUT2D eigenvalue weighted by Gasteiger charge is 2.20. The molecule has 0 saturated heterocycles. The Labute approximate surface area is 238 Å². The monoisotopic (exact) mass is 575 g/mol. The largest absolute Gasteiger partial charge is 0.480 e. The fraction of sp³-hybridized carbons (Fsp3) is 0.231. The number of hydrazine groups is 1. The first-order chi connectivity index (χ1) is 20.2. The molecule has 0 fully saturated rings. The minimum atomic E-state index is -1.15. The van der Waals surface area contributed by atoms with Crippen molar-refractivity contribution in [3.05, 3.63) is 76.0 Å². The van der Waals surface area contributed by atoms with Crippen LogP contribution in [-0.2, 0) is 11.3 Å². The first-order valence-corrected chi connectivity index (χ1v) is 12.8. The Bertz CT molecular complexity index is 1630. The average molecular weight is 576 g/mol. The van der Waals surface area contributed by atoms with Gasteiger partial charge in [-0.25, -0.2) is 25.6 Å². The smallest absolute Gasteiger partial charge is 0.326 e. The highest BCUT2D eigenvalue weighted by Crippen LogP contribution is 2.13. The van der Waals surface area contributed by atoms with Crippen LogP contribution in [0.1, 0.15) is 45.7 Å². The maximum atomic E-state index is 12.7. The number of carboxylic acid groups (broad SMARTS) is 1. The molecule has 3 aromatic heterocycles. The van der Waals surface area contributed by atoms with Crippen LogP contribution in [0.25, 0.3) is 11.2 Å². The number of nitrogens with zero attached hydrogens (tertiary/aromatic N) is 4. The molecule has 4 aromatic rings. The summed E-state index contributed by atoms with van der Waals surface area (Å²) in [6.07, 6.45) is 4.03. The summed E-state index contributed by atoms with van der Waals surface area (Å²) < 4.78 is 0. The molecule has 218 valence electrons. The Morgan fingerprint density at radius 2 is 1.71 bits per heavy atom. The summed E-state index contributed by atoms with van der Waals surface area (Å²) in [5, 5.41) is 18.0. The number of nitrogens with two attached hydrogens (primary N) is 2. The van der Waals surface area contributed by atoms with Gasteiger partial charge in [-0.3, -0.25) is 19.4 Å². The Hall–Kier alpha value is -5.64. The van der Waals surface area contributed by atoms with Gasteiger partial charge in [-0.15, -0.1) is 0 Å². The van der Waals surface area contributed by atoms with Crippen molar-refractivity contribution >= 4 is 46.4 Å². The number of H-pyrrole nitrogens is 1. The zero-order valence-electron chi connectivity index (χ0n) is 22.3. The van der Waals surface area contributed by atoms with Crippen LogP contribution in [0.15, 0.2) is 53.6 Å². The maximum Gasteiger partial charge on any atom is 0.326 e. The number of amides is 2. The number of unbranched alkanes of at least 4 members (excludes halogenated alkanes) is 1. The van der Waals surface area contributed by atoms with Gasteiger partial charge in [0.15, 0.2) is 11.2 Å². The van der Waals surface area contributed by atoms with Crippen LogP contribution in [-0.4, -0.2) is 60.4 Å². The summed E-state index contributed by atoms with van der Waals surface area (Å²) in [5.74, 6) is 3.64. The third-order valence-electron chi connectivity index (χ3n) is 6.09. The Balaban J connectivity index is 1.22. The average Bonchev–Trinajstić information content (AvgIpc) is 2.99. The molecular formula is C26H29N11O5. The molecule has 0 bridgehead atoms. The van der Waals surface area contributed by atoms with Gasteiger partial charge in [0.2, 0.25) is 5.95 Å². The summed E-state index contributed by atoms with van der Waals surface area (Å²) in [6.45, 7) is 0.575. The van der Waals surface area contributed by atoms with E-state index in [-0.39, 0.29) is 41.5 Å². The molecule has 10 N–H and O–H groups in total. The molecular weight excluding hydrogens is 546 g/mol. The fourth-order valence-corrected chi connectivity index (χ4v) is 3.88. The van der Waals surface area contributed by atoms with Gasteiger partial charge >= 0.3 is 5.97 Å². The van der Waals surface area contributed by atoms with Gasteiger partial charge in [0.25, 0.3) is 17.4 Å². The number of carboxylic acids is 1. The van der Waals surface area contributed by atoms with Gasteiger partial charge in [0.1, 0.15) is 11.9 Å². The van der Waals surface area contributed by atoms with E-state index in [9.17, 15) is 24.3 Å². The second-order valence-electron chi connectivity index (χ2n) is 9.11. The van der Waals surface area contributed by atoms with Crippen LogP contribution in [0.3, 0.4) is 0 Å². The normalized spacial score (nSPS) is 11.5. The molecule has 0 aliphatic rings. The second kappa shape index (κ2) is 13.6. The molecule has 1 unspecified atom stereocenters. The van der Waals surface area contributed by atoms with Gasteiger partial charge in [-0.1, -0.05) is 0 Å². The van der Waals surface area contributed by atoms with Crippen molar-refractivity contribution < 1.29 is 19.5 Å². The molecule has 0 aliphatic carbocycles. The number of hydrogen-bond donors (Lipinski definition) is 8. The highest BCUT2D eigenvalue weighted by atomic mass is 16.4. The maximum absolute atomic E-state index is 12.7. The predicted molar refractivity (Wildman–Crippen MR) is 153 cm³/mol. The standard InChI is InChI=1S/C26H29N11O5/c27-26-35-21-20(24(40)36-26)33-17(13-32-21)12-30-16-7-4-14(5-8-16)23(39)34-18(25(41)42)3-1-2-10-29-22(38)15-6-9-19(37-28)31-11-15/h4-9,11,13,18,30H,1-3,10,12,28H2,(H,29,38)(H,31,37)(H,34,39)(H,41,42)(H3,27,32,35,36,40). The number of pyridine rings is 1. The summed E-state index contributed by atoms with van der Waals surface area (Å²) in [6, 6.07) is 8.49. The molecule has 0 radical (unpaired) electrons. The Kier molecular flexibility index (Phi) is 9.52. The van der Waals surface area contributed by atoms with Crippen LogP contribution in [0.4, 0.5) is 17.5 Å². The van der Waals surface area contributed by atoms with E-state index >= 15 is 0 Å². The Morgan fingerprint density at radius 1 is 0.952 bits per heavy atom. The third kappa shape index (κ3) is 7.72. The van der Waals surface area contributed by atoms with E-state index in [4.69, 9.17) is 11.6 Å². The number of aromatic nitrogens is 5. The second-order valence-corrected chi connectivity index (χ2v) is 9.11. The van der Waals surface area contributed by atoms with Crippen molar-refractivity contribution in [2.24, 2.45) is 5.84 Å². The van der Waals surface area contributed by atoms with E-state index in [1.54, 1.807) is 36.4 Å². The molecule has 0 aliphatic heterocycles. The highest BCUT2D eigenvalue weighted by molar-refractivity contribution is 5.97. The van der Waals surface area contributed by atoms with Crippen LogP contribution in [0, 0.1) is 0 Å². The number of carbonyl (C=O) groups is 3. The molecule has 0 saturated carbocycles. The summed E-state index contributed by atoms with van der Waals surface area (Å²) in [4.78, 5) is 67.2. The van der Waals surface area contributed by atoms with Gasteiger partial charge in [0.05, 0.1) is 24.0 Å². The topological polar surface area (TPSA) is 256 Å². The van der Waals surface area contributed by atoms with Crippen LogP contribution in [0.5, 0.6) is 0 Å². The molecule has 16 nitrogen and oxygen atoms in total. The minimum absolute atomic E-state index is 0.0464. The SMILES string of the molecule is NNc1ccc(C(=O)NCCCCC(NC(=O)c2ccc(NCc3cnc4nc(N)[nH]c(=O)c4n3)cc2)C(=O)O)cn1. The van der Waals surface area contributed by atoms with Gasteiger partial charge in [-0.2, -0.15) is 4.98 Å². The van der Waals surface area contributed by atoms with E-state index in [1.165, 1.54) is 12.4 Å². The lowest BCUT2D eigenvalue weighted by atomic mass is 10.1. The fourth-order valence-electron chi connectivity index (χ4n) is 3.88. The zero-order chi connectivity index (χ0) is 30.1. The van der Waals surface area contributed by atoms with Crippen molar-refractivity contribution in [3.8, 4) is 0 Å². The van der Waals surface area contributed by atoms with Crippen molar-refractivity contribution in [1.82, 2.24) is 35.6 Å². The van der Waals surface area contributed by atoms with Crippen LogP contribution >= 0.6 is 0 Å². The van der Waals surface area contributed by atoms with E-state index in [0.29, 0.717) is 42.1 Å². The number of nitrogen functional groups attached to an aromatic ring is 2. The minimum Gasteiger partial charge on any atom is -0.480 e. The van der Waals surface area contributed by atoms with E-state index < -0.39 is 23.5 Å². The number of fused-ring (bicyclic) bond motifs is 1. The molecule has 0 spiro atoms.